The number of carbonyl (C=O) groups is 1. The van der Waals surface area contributed by atoms with Gasteiger partial charge in [0.05, 0.1) is 28.4 Å². The van der Waals surface area contributed by atoms with E-state index >= 15 is 0 Å². The van der Waals surface area contributed by atoms with Gasteiger partial charge in [-0.2, -0.15) is 21.6 Å². The van der Waals surface area contributed by atoms with Crippen LogP contribution in [0.15, 0.2) is 94.4 Å². The molecule has 0 aliphatic rings. The third kappa shape index (κ3) is 7.47. The second-order valence-electron chi connectivity index (χ2n) is 8.20. The van der Waals surface area contributed by atoms with Crippen molar-refractivity contribution in [3.63, 3.8) is 0 Å². The third-order valence-electron chi connectivity index (χ3n) is 5.31. The quantitative estimate of drug-likeness (QED) is 0.211. The predicted octanol–water partition coefficient (Wildman–Crippen LogP) is 7.61. The zero-order valence-electron chi connectivity index (χ0n) is 19.8. The van der Waals surface area contributed by atoms with Gasteiger partial charge < -0.3 is 18.8 Å². The standard InChI is InChI=1S/C26H19Cl2F3N2O5S/c27-23-10-9-19(14-24(23)28)32-25(34)33(16-21-7-3-11-37-21)15-17-4-1-6-20(12-17)38-39(35,36)22-8-2-5-18(13-22)26(29,30)31/h1-14H,15-16H2,(H,32,34). The summed E-state index contributed by atoms with van der Waals surface area (Å²) in [5.41, 5.74) is -0.256. The van der Waals surface area contributed by atoms with Crippen LogP contribution in [0.3, 0.4) is 0 Å². The Morgan fingerprint density at radius 1 is 0.923 bits per heavy atom. The summed E-state index contributed by atoms with van der Waals surface area (Å²) in [4.78, 5) is 13.9. The van der Waals surface area contributed by atoms with Crippen LogP contribution >= 0.6 is 23.2 Å². The largest absolute Gasteiger partial charge is 0.467 e. The maximum absolute atomic E-state index is 13.1. The number of benzene rings is 3. The van der Waals surface area contributed by atoms with Crippen LogP contribution in [0.2, 0.25) is 10.0 Å². The lowest BCUT2D eigenvalue weighted by atomic mass is 10.2. The van der Waals surface area contributed by atoms with E-state index in [9.17, 15) is 26.4 Å². The summed E-state index contributed by atoms with van der Waals surface area (Å²) in [6, 6.07) is 16.5. The highest BCUT2D eigenvalue weighted by molar-refractivity contribution is 7.87. The Morgan fingerprint density at radius 3 is 2.38 bits per heavy atom. The molecule has 7 nitrogen and oxygen atoms in total. The Balaban J connectivity index is 1.54. The Hall–Kier alpha value is -3.67. The molecule has 2 amide bonds. The normalized spacial score (nSPS) is 11.7. The summed E-state index contributed by atoms with van der Waals surface area (Å²) in [7, 11) is -4.58. The molecule has 0 radical (unpaired) electrons. The Morgan fingerprint density at radius 2 is 1.69 bits per heavy atom. The van der Waals surface area contributed by atoms with Gasteiger partial charge >= 0.3 is 22.3 Å². The van der Waals surface area contributed by atoms with Gasteiger partial charge in [-0.05, 0) is 66.2 Å². The molecule has 0 spiro atoms. The first-order valence-corrected chi connectivity index (χ1v) is 13.3. The zero-order valence-corrected chi connectivity index (χ0v) is 22.1. The number of carbonyl (C=O) groups excluding carboxylic acids is 1. The summed E-state index contributed by atoms with van der Waals surface area (Å²) in [6.45, 7) is 0.0580. The van der Waals surface area contributed by atoms with Crippen LogP contribution in [0.5, 0.6) is 5.75 Å². The van der Waals surface area contributed by atoms with Crippen molar-refractivity contribution in [2.75, 3.05) is 5.32 Å². The minimum absolute atomic E-state index is 0.00530. The molecule has 1 aromatic heterocycles. The van der Waals surface area contributed by atoms with Crippen molar-refractivity contribution in [1.82, 2.24) is 4.90 Å². The summed E-state index contributed by atoms with van der Waals surface area (Å²) in [5.74, 6) is 0.339. The molecule has 0 atom stereocenters. The van der Waals surface area contributed by atoms with Crippen LogP contribution in [0.25, 0.3) is 0 Å². The minimum Gasteiger partial charge on any atom is -0.467 e. The molecule has 0 bridgehead atoms. The molecule has 39 heavy (non-hydrogen) atoms. The number of hydrogen-bond acceptors (Lipinski definition) is 5. The smallest absolute Gasteiger partial charge is 0.416 e. The lowest BCUT2D eigenvalue weighted by Crippen LogP contribution is -2.34. The van der Waals surface area contributed by atoms with Gasteiger partial charge in [0.15, 0.2) is 0 Å². The van der Waals surface area contributed by atoms with Crippen molar-refractivity contribution in [2.45, 2.75) is 24.2 Å². The number of amides is 2. The fourth-order valence-electron chi connectivity index (χ4n) is 3.49. The van der Waals surface area contributed by atoms with Crippen LogP contribution < -0.4 is 9.50 Å². The molecule has 4 aromatic rings. The first kappa shape index (κ1) is 28.3. The molecule has 0 unspecified atom stereocenters. The Bertz CT molecular complexity index is 1580. The molecule has 0 fully saturated rings. The van der Waals surface area contributed by atoms with E-state index in [4.69, 9.17) is 31.8 Å². The van der Waals surface area contributed by atoms with Crippen LogP contribution in [0.4, 0.5) is 23.7 Å². The van der Waals surface area contributed by atoms with Gasteiger partial charge in [0.2, 0.25) is 0 Å². The van der Waals surface area contributed by atoms with Gasteiger partial charge in [-0.25, -0.2) is 4.79 Å². The number of halogens is 5. The summed E-state index contributed by atoms with van der Waals surface area (Å²) in [5, 5.41) is 3.29. The summed E-state index contributed by atoms with van der Waals surface area (Å²) >= 11 is 12.0. The molecule has 0 aliphatic heterocycles. The molecule has 0 aliphatic carbocycles. The van der Waals surface area contributed by atoms with E-state index in [1.54, 1.807) is 24.3 Å². The first-order valence-electron chi connectivity index (χ1n) is 11.1. The molecule has 0 saturated heterocycles. The fourth-order valence-corrected chi connectivity index (χ4v) is 4.75. The van der Waals surface area contributed by atoms with Crippen LogP contribution in [-0.2, 0) is 29.4 Å². The maximum Gasteiger partial charge on any atom is 0.416 e. The van der Waals surface area contributed by atoms with Gasteiger partial charge in [-0.1, -0.05) is 41.4 Å². The number of nitrogens with zero attached hydrogens (tertiary/aromatic N) is 1. The molecule has 13 heteroatoms. The molecular formula is C26H19Cl2F3N2O5S. The Kier molecular flexibility index (Phi) is 8.43. The summed E-state index contributed by atoms with van der Waals surface area (Å²) < 4.78 is 75.0. The van der Waals surface area contributed by atoms with E-state index in [2.05, 4.69) is 5.32 Å². The number of anilines is 1. The second-order valence-corrected chi connectivity index (χ2v) is 10.6. The van der Waals surface area contributed by atoms with Gasteiger partial charge in [0.1, 0.15) is 16.4 Å². The van der Waals surface area contributed by atoms with E-state index in [-0.39, 0.29) is 23.9 Å². The van der Waals surface area contributed by atoms with Crippen molar-refractivity contribution >= 4 is 45.0 Å². The lowest BCUT2D eigenvalue weighted by Gasteiger charge is -2.23. The predicted molar refractivity (Wildman–Crippen MR) is 139 cm³/mol. The topological polar surface area (TPSA) is 88.9 Å². The van der Waals surface area contributed by atoms with Gasteiger partial charge in [0, 0.05) is 12.2 Å². The van der Waals surface area contributed by atoms with Gasteiger partial charge in [-0.15, -0.1) is 0 Å². The number of alkyl halides is 3. The molecule has 1 N–H and O–H groups in total. The third-order valence-corrected chi connectivity index (χ3v) is 7.29. The fraction of sp³-hybridized carbons (Fsp3) is 0.115. The molecule has 204 valence electrons. The second kappa shape index (κ2) is 11.6. The molecule has 0 saturated carbocycles. The molecule has 4 rings (SSSR count). The van der Waals surface area contributed by atoms with E-state index in [0.29, 0.717) is 28.1 Å². The van der Waals surface area contributed by atoms with Crippen molar-refractivity contribution in [3.05, 3.63) is 112 Å². The molecule has 3 aromatic carbocycles. The number of hydrogen-bond donors (Lipinski definition) is 1. The number of furan rings is 1. The minimum atomic E-state index is -4.72. The monoisotopic (exact) mass is 598 g/mol. The van der Waals surface area contributed by atoms with Crippen molar-refractivity contribution < 1.29 is 35.0 Å². The van der Waals surface area contributed by atoms with Crippen molar-refractivity contribution in [2.24, 2.45) is 0 Å². The van der Waals surface area contributed by atoms with Crippen molar-refractivity contribution in [3.8, 4) is 5.75 Å². The lowest BCUT2D eigenvalue weighted by molar-refractivity contribution is -0.137. The van der Waals surface area contributed by atoms with Crippen LogP contribution in [0.1, 0.15) is 16.9 Å². The van der Waals surface area contributed by atoms with E-state index in [0.717, 1.165) is 18.2 Å². The zero-order chi connectivity index (χ0) is 28.2. The maximum atomic E-state index is 13.1. The van der Waals surface area contributed by atoms with E-state index in [1.807, 2.05) is 0 Å². The number of rotatable bonds is 8. The highest BCUT2D eigenvalue weighted by Gasteiger charge is 2.32. The summed E-state index contributed by atoms with van der Waals surface area (Å²) in [6.07, 6.45) is -3.27. The average molecular weight is 599 g/mol. The SMILES string of the molecule is O=C(Nc1ccc(Cl)c(Cl)c1)N(Cc1cccc(OS(=O)(=O)c2cccc(C(F)(F)F)c2)c1)Cc1ccco1. The van der Waals surface area contributed by atoms with Crippen LogP contribution in [-0.4, -0.2) is 19.3 Å². The highest BCUT2D eigenvalue weighted by atomic mass is 35.5. The number of nitrogens with one attached hydrogen (secondary N) is 1. The van der Waals surface area contributed by atoms with Gasteiger partial charge in [-0.3, -0.25) is 0 Å². The Labute approximate surface area is 231 Å². The van der Waals surface area contributed by atoms with E-state index in [1.165, 1.54) is 41.5 Å². The first-order chi connectivity index (χ1) is 18.4. The van der Waals surface area contributed by atoms with Gasteiger partial charge in [0.25, 0.3) is 0 Å². The number of urea groups is 1. The molecule has 1 heterocycles. The molecular weight excluding hydrogens is 580 g/mol. The van der Waals surface area contributed by atoms with Crippen LogP contribution in [0, 0.1) is 0 Å². The highest BCUT2D eigenvalue weighted by Crippen LogP contribution is 2.31. The van der Waals surface area contributed by atoms with Crippen molar-refractivity contribution in [1.29, 1.82) is 0 Å². The van der Waals surface area contributed by atoms with E-state index < -0.39 is 32.8 Å². The average Bonchev–Trinajstić information content (AvgIpc) is 3.39.